The number of fused-ring (bicyclic) bond motifs is 1. The summed E-state index contributed by atoms with van der Waals surface area (Å²) in [5.74, 6) is -0.553. The van der Waals surface area contributed by atoms with Gasteiger partial charge in [-0.25, -0.2) is 4.79 Å². The Kier molecular flexibility index (Phi) is 5.53. The minimum atomic E-state index is -0.553. The van der Waals surface area contributed by atoms with E-state index < -0.39 is 10.9 Å². The maximum absolute atomic E-state index is 12.1. The van der Waals surface area contributed by atoms with Crippen LogP contribution in [0.15, 0.2) is 42.5 Å². The van der Waals surface area contributed by atoms with Gasteiger partial charge in [0.05, 0.1) is 24.7 Å². The third-order valence-corrected chi connectivity index (χ3v) is 4.97. The molecule has 1 aromatic heterocycles. The van der Waals surface area contributed by atoms with Crippen LogP contribution >= 0.6 is 0 Å². The molecule has 0 aliphatic carbocycles. The minimum Gasteiger partial charge on any atom is -0.461 e. The molecule has 0 atom stereocenters. The number of esters is 1. The summed E-state index contributed by atoms with van der Waals surface area (Å²) < 4.78 is 10.4. The molecular weight excluding hydrogens is 388 g/mol. The van der Waals surface area contributed by atoms with Gasteiger partial charge in [-0.2, -0.15) is 0 Å². The van der Waals surface area contributed by atoms with Crippen LogP contribution in [0.5, 0.6) is 0 Å². The Labute approximate surface area is 172 Å². The van der Waals surface area contributed by atoms with Crippen molar-refractivity contribution in [3.05, 3.63) is 58.3 Å². The molecule has 0 bridgehead atoms. The van der Waals surface area contributed by atoms with Gasteiger partial charge in [-0.1, -0.05) is 6.07 Å². The molecule has 1 aliphatic heterocycles. The summed E-state index contributed by atoms with van der Waals surface area (Å²) in [5.41, 5.74) is 2.91. The van der Waals surface area contributed by atoms with Crippen molar-refractivity contribution >= 4 is 39.6 Å². The van der Waals surface area contributed by atoms with E-state index in [0.717, 1.165) is 24.5 Å². The van der Waals surface area contributed by atoms with Crippen LogP contribution in [0.1, 0.15) is 17.4 Å². The lowest BCUT2D eigenvalue weighted by molar-refractivity contribution is -0.383. The summed E-state index contributed by atoms with van der Waals surface area (Å²) in [7, 11) is 0. The van der Waals surface area contributed by atoms with Gasteiger partial charge in [-0.3, -0.25) is 10.1 Å². The highest BCUT2D eigenvalue weighted by Crippen LogP contribution is 2.34. The third kappa shape index (κ3) is 3.92. The van der Waals surface area contributed by atoms with Gasteiger partial charge < -0.3 is 24.7 Å². The summed E-state index contributed by atoms with van der Waals surface area (Å²) in [4.78, 5) is 28.2. The number of ether oxygens (including phenoxy) is 2. The summed E-state index contributed by atoms with van der Waals surface area (Å²) in [6, 6.07) is 12.6. The predicted molar refractivity (Wildman–Crippen MR) is 114 cm³/mol. The number of non-ortho nitro benzene ring substituents is 1. The van der Waals surface area contributed by atoms with E-state index in [-0.39, 0.29) is 23.5 Å². The number of nitrogens with one attached hydrogen (secondary N) is 2. The Balaban J connectivity index is 1.69. The topological polar surface area (TPSA) is 110 Å². The quantitative estimate of drug-likeness (QED) is 0.361. The van der Waals surface area contributed by atoms with Crippen molar-refractivity contribution in [2.45, 2.75) is 6.92 Å². The molecule has 0 amide bonds. The van der Waals surface area contributed by atoms with Gasteiger partial charge in [0, 0.05) is 41.6 Å². The summed E-state index contributed by atoms with van der Waals surface area (Å²) in [6.07, 6.45) is 0. The van der Waals surface area contributed by atoms with E-state index in [0.29, 0.717) is 24.3 Å². The molecule has 9 nitrogen and oxygen atoms in total. The smallest absolute Gasteiger partial charge is 0.354 e. The van der Waals surface area contributed by atoms with E-state index in [2.05, 4.69) is 15.2 Å². The lowest BCUT2D eigenvalue weighted by atomic mass is 10.1. The van der Waals surface area contributed by atoms with Crippen LogP contribution < -0.4 is 10.2 Å². The number of hydrogen-bond donors (Lipinski definition) is 2. The summed E-state index contributed by atoms with van der Waals surface area (Å²) in [5, 5.41) is 15.3. The van der Waals surface area contributed by atoms with E-state index in [1.165, 1.54) is 6.07 Å². The second-order valence-electron chi connectivity index (χ2n) is 6.86. The largest absolute Gasteiger partial charge is 0.461 e. The average molecular weight is 410 g/mol. The van der Waals surface area contributed by atoms with Crippen LogP contribution in [-0.4, -0.2) is 48.8 Å². The zero-order chi connectivity index (χ0) is 21.1. The first-order valence-electron chi connectivity index (χ1n) is 9.74. The highest BCUT2D eigenvalue weighted by atomic mass is 16.6. The van der Waals surface area contributed by atoms with Gasteiger partial charge in [-0.05, 0) is 37.3 Å². The van der Waals surface area contributed by atoms with Gasteiger partial charge in [0.2, 0.25) is 0 Å². The van der Waals surface area contributed by atoms with E-state index >= 15 is 0 Å². The predicted octanol–water partition coefficient (Wildman–Crippen LogP) is 3.83. The number of aromatic nitrogens is 1. The Morgan fingerprint density at radius 2 is 2.07 bits per heavy atom. The molecule has 9 heteroatoms. The molecule has 0 unspecified atom stereocenters. The monoisotopic (exact) mass is 410 g/mol. The fourth-order valence-electron chi connectivity index (χ4n) is 3.54. The SMILES string of the molecule is CCOC(=O)c1cc2c(Nc3cccc(N4CCOCC4)c3)ccc([N+](=O)[O-])c2[nH]1. The van der Waals surface area contributed by atoms with Crippen molar-refractivity contribution in [2.24, 2.45) is 0 Å². The van der Waals surface area contributed by atoms with E-state index in [1.807, 2.05) is 24.3 Å². The van der Waals surface area contributed by atoms with Crippen LogP contribution in [0.2, 0.25) is 0 Å². The van der Waals surface area contributed by atoms with Gasteiger partial charge in [0.15, 0.2) is 0 Å². The first-order chi connectivity index (χ1) is 14.6. The molecule has 1 fully saturated rings. The molecule has 2 heterocycles. The molecule has 1 aliphatic rings. The maximum Gasteiger partial charge on any atom is 0.354 e. The molecule has 3 aromatic rings. The van der Waals surface area contributed by atoms with Crippen molar-refractivity contribution in [3.63, 3.8) is 0 Å². The summed E-state index contributed by atoms with van der Waals surface area (Å²) in [6.45, 7) is 4.96. The molecule has 4 rings (SSSR count). The van der Waals surface area contributed by atoms with E-state index in [1.54, 1.807) is 19.1 Å². The summed E-state index contributed by atoms with van der Waals surface area (Å²) >= 11 is 0. The van der Waals surface area contributed by atoms with Gasteiger partial charge in [-0.15, -0.1) is 0 Å². The van der Waals surface area contributed by atoms with Crippen LogP contribution in [0.3, 0.4) is 0 Å². The minimum absolute atomic E-state index is 0.104. The molecule has 1 saturated heterocycles. The molecular formula is C21H22N4O5. The van der Waals surface area contributed by atoms with Crippen LogP contribution in [-0.2, 0) is 9.47 Å². The second kappa shape index (κ2) is 8.42. The molecule has 2 N–H and O–H groups in total. The third-order valence-electron chi connectivity index (χ3n) is 4.97. The lowest BCUT2D eigenvalue weighted by Gasteiger charge is -2.29. The maximum atomic E-state index is 12.1. The number of carbonyl (C=O) groups excluding carboxylic acids is 1. The standard InChI is InChI=1S/C21H22N4O5/c1-2-30-21(26)18-13-16-17(6-7-19(25(27)28)20(16)23-18)22-14-4-3-5-15(12-14)24-8-10-29-11-9-24/h3-7,12-13,22-23H,2,8-11H2,1H3. The number of nitrogens with zero attached hydrogens (tertiary/aromatic N) is 2. The average Bonchev–Trinajstić information content (AvgIpc) is 3.21. The molecule has 2 aromatic carbocycles. The Bertz CT molecular complexity index is 1090. The normalized spacial score (nSPS) is 14.0. The zero-order valence-corrected chi connectivity index (χ0v) is 16.5. The van der Waals surface area contributed by atoms with Crippen LogP contribution in [0, 0.1) is 10.1 Å². The fourth-order valence-corrected chi connectivity index (χ4v) is 3.54. The fraction of sp³-hybridized carbons (Fsp3) is 0.286. The van der Waals surface area contributed by atoms with Crippen molar-refractivity contribution in [1.29, 1.82) is 0 Å². The van der Waals surface area contributed by atoms with Gasteiger partial charge in [0.25, 0.3) is 5.69 Å². The highest BCUT2D eigenvalue weighted by molar-refractivity contribution is 6.04. The zero-order valence-electron chi connectivity index (χ0n) is 16.5. The number of hydrogen-bond acceptors (Lipinski definition) is 7. The van der Waals surface area contributed by atoms with Crippen molar-refractivity contribution in [2.75, 3.05) is 43.1 Å². The number of carbonyl (C=O) groups is 1. The number of H-pyrrole nitrogens is 1. The first-order valence-corrected chi connectivity index (χ1v) is 9.74. The van der Waals surface area contributed by atoms with Crippen molar-refractivity contribution in [1.82, 2.24) is 4.98 Å². The van der Waals surface area contributed by atoms with E-state index in [4.69, 9.17) is 9.47 Å². The Morgan fingerprint density at radius 1 is 1.27 bits per heavy atom. The van der Waals surface area contributed by atoms with Gasteiger partial charge in [0.1, 0.15) is 11.2 Å². The van der Waals surface area contributed by atoms with Crippen LogP contribution in [0.4, 0.5) is 22.7 Å². The molecule has 0 spiro atoms. The number of aromatic amines is 1. The number of rotatable bonds is 6. The Hall–Kier alpha value is -3.59. The molecule has 0 radical (unpaired) electrons. The lowest BCUT2D eigenvalue weighted by Crippen LogP contribution is -2.36. The van der Waals surface area contributed by atoms with Gasteiger partial charge >= 0.3 is 5.97 Å². The Morgan fingerprint density at radius 3 is 2.80 bits per heavy atom. The highest BCUT2D eigenvalue weighted by Gasteiger charge is 2.21. The van der Waals surface area contributed by atoms with Crippen molar-refractivity contribution < 1.29 is 19.2 Å². The van der Waals surface area contributed by atoms with Crippen LogP contribution in [0.25, 0.3) is 10.9 Å². The number of nitro groups is 1. The molecule has 156 valence electrons. The van der Waals surface area contributed by atoms with Crippen molar-refractivity contribution in [3.8, 4) is 0 Å². The second-order valence-corrected chi connectivity index (χ2v) is 6.86. The molecule has 0 saturated carbocycles. The number of benzene rings is 2. The number of anilines is 3. The first kappa shape index (κ1) is 19.7. The molecule has 30 heavy (non-hydrogen) atoms. The van der Waals surface area contributed by atoms with E-state index in [9.17, 15) is 14.9 Å². The number of nitro benzene ring substituents is 1. The number of morpholine rings is 1.